The highest BCUT2D eigenvalue weighted by Gasteiger charge is 2.28. The monoisotopic (exact) mass is 407 g/mol. The number of halogens is 3. The van der Waals surface area contributed by atoms with Crippen molar-refractivity contribution in [3.63, 3.8) is 0 Å². The van der Waals surface area contributed by atoms with E-state index in [4.69, 9.17) is 11.5 Å². The van der Waals surface area contributed by atoms with Crippen LogP contribution >= 0.6 is 0 Å². The van der Waals surface area contributed by atoms with Crippen LogP contribution in [0, 0.1) is 13.8 Å². The summed E-state index contributed by atoms with van der Waals surface area (Å²) in [6, 6.07) is 3.69. The molecule has 0 saturated heterocycles. The van der Waals surface area contributed by atoms with Crippen LogP contribution in [0.15, 0.2) is 29.6 Å². The van der Waals surface area contributed by atoms with Gasteiger partial charge in [0.25, 0.3) is 0 Å². The van der Waals surface area contributed by atoms with Crippen LogP contribution in [-0.4, -0.2) is 23.7 Å². The fourth-order valence-electron chi connectivity index (χ4n) is 4.89. The van der Waals surface area contributed by atoms with Crippen LogP contribution < -0.4 is 11.5 Å². The van der Waals surface area contributed by atoms with E-state index >= 15 is 0 Å². The number of allylic oxidation sites excluding steroid dienone is 2. The van der Waals surface area contributed by atoms with Gasteiger partial charge in [-0.05, 0) is 67.9 Å². The van der Waals surface area contributed by atoms with Gasteiger partial charge in [0.1, 0.15) is 5.82 Å². The van der Waals surface area contributed by atoms with Crippen molar-refractivity contribution >= 4 is 5.70 Å². The molecule has 3 rings (SSSR count). The van der Waals surface area contributed by atoms with Crippen LogP contribution in [0.1, 0.15) is 67.2 Å². The lowest BCUT2D eigenvalue weighted by molar-refractivity contribution is -0.127. The minimum Gasteiger partial charge on any atom is -0.398 e. The Balaban J connectivity index is 1.87. The van der Waals surface area contributed by atoms with Crippen molar-refractivity contribution in [1.29, 1.82) is 0 Å². The van der Waals surface area contributed by atoms with Gasteiger partial charge >= 0.3 is 6.18 Å². The molecule has 29 heavy (non-hydrogen) atoms. The zero-order valence-corrected chi connectivity index (χ0v) is 17.4. The van der Waals surface area contributed by atoms with Crippen LogP contribution in [0.5, 0.6) is 0 Å². The molecule has 2 aliphatic rings. The van der Waals surface area contributed by atoms with Crippen LogP contribution in [0.4, 0.5) is 13.2 Å². The van der Waals surface area contributed by atoms with Gasteiger partial charge in [-0.1, -0.05) is 31.4 Å². The largest absolute Gasteiger partial charge is 0.398 e. The molecule has 1 fully saturated rings. The average Bonchev–Trinajstić information content (AvgIpc) is 2.62. The first-order chi connectivity index (χ1) is 13.7. The maximum atomic E-state index is 12.7. The molecule has 1 aliphatic carbocycles. The van der Waals surface area contributed by atoms with Crippen LogP contribution in [0.3, 0.4) is 0 Å². The summed E-state index contributed by atoms with van der Waals surface area (Å²) in [5.41, 5.74) is 17.2. The number of hydrogen-bond acceptors (Lipinski definition) is 3. The molecule has 0 unspecified atom stereocenters. The van der Waals surface area contributed by atoms with Gasteiger partial charge in [-0.2, -0.15) is 13.2 Å². The van der Waals surface area contributed by atoms with E-state index in [2.05, 4.69) is 4.90 Å². The molecule has 0 radical (unpaired) electrons. The fourth-order valence-corrected chi connectivity index (χ4v) is 4.89. The topological polar surface area (TPSA) is 55.3 Å². The number of alkyl halides is 3. The van der Waals surface area contributed by atoms with Crippen molar-refractivity contribution in [2.45, 2.75) is 77.4 Å². The summed E-state index contributed by atoms with van der Waals surface area (Å²) < 4.78 is 38.2. The van der Waals surface area contributed by atoms with E-state index in [1.807, 2.05) is 19.9 Å². The molecule has 0 spiro atoms. The van der Waals surface area contributed by atoms with Crippen molar-refractivity contribution in [2.24, 2.45) is 11.5 Å². The Kier molecular flexibility index (Phi) is 6.49. The summed E-state index contributed by atoms with van der Waals surface area (Å²) in [7, 11) is 0. The lowest BCUT2D eigenvalue weighted by Crippen LogP contribution is -2.42. The molecule has 1 aliphatic heterocycles. The van der Waals surface area contributed by atoms with Gasteiger partial charge in [0.05, 0.1) is 6.42 Å². The predicted molar refractivity (Wildman–Crippen MR) is 112 cm³/mol. The van der Waals surface area contributed by atoms with Crippen molar-refractivity contribution in [3.05, 3.63) is 51.9 Å². The summed E-state index contributed by atoms with van der Waals surface area (Å²) in [6.07, 6.45) is 4.89. The van der Waals surface area contributed by atoms with E-state index < -0.39 is 12.6 Å². The number of rotatable bonds is 4. The molecular weight excluding hydrogens is 375 g/mol. The van der Waals surface area contributed by atoms with E-state index in [1.54, 1.807) is 12.1 Å². The third kappa shape index (κ3) is 5.28. The summed E-state index contributed by atoms with van der Waals surface area (Å²) in [4.78, 5) is 2.34. The second kappa shape index (κ2) is 8.72. The smallest absolute Gasteiger partial charge is 0.393 e. The third-order valence-corrected chi connectivity index (χ3v) is 6.11. The Morgan fingerprint density at radius 1 is 1.10 bits per heavy atom. The summed E-state index contributed by atoms with van der Waals surface area (Å²) >= 11 is 0. The minimum atomic E-state index is -4.22. The van der Waals surface area contributed by atoms with Crippen LogP contribution in [0.25, 0.3) is 5.70 Å². The van der Waals surface area contributed by atoms with Crippen molar-refractivity contribution in [2.75, 3.05) is 6.54 Å². The zero-order valence-electron chi connectivity index (χ0n) is 17.4. The Bertz CT molecular complexity index is 779. The Hall–Kier alpha value is -2.11. The standard InChI is InChI=1S/C23H32F3N3/c1-15-11-17(14-23(24,25)26)12-16(2)21(15)20(27)13-18-7-6-10-29(22(18)28)19-8-4-3-5-9-19/h11-13,19H,3-10,14,27-28H2,1-2H3/b20-13-. The molecule has 4 N–H and O–H groups in total. The fraction of sp³-hybridized carbons (Fsp3) is 0.565. The third-order valence-electron chi connectivity index (χ3n) is 6.11. The average molecular weight is 408 g/mol. The van der Waals surface area contributed by atoms with Gasteiger partial charge in [-0.15, -0.1) is 0 Å². The van der Waals surface area contributed by atoms with Crippen LogP contribution in [-0.2, 0) is 6.42 Å². The van der Waals surface area contributed by atoms with Gasteiger partial charge in [0.15, 0.2) is 0 Å². The molecule has 160 valence electrons. The van der Waals surface area contributed by atoms with Crippen molar-refractivity contribution in [1.82, 2.24) is 4.90 Å². The van der Waals surface area contributed by atoms with Gasteiger partial charge in [0.2, 0.25) is 0 Å². The molecular formula is C23H32F3N3. The maximum Gasteiger partial charge on any atom is 0.393 e. The molecule has 1 aromatic rings. The van der Waals surface area contributed by atoms with Crippen molar-refractivity contribution in [3.8, 4) is 0 Å². The number of nitrogens with zero attached hydrogens (tertiary/aromatic N) is 1. The van der Waals surface area contributed by atoms with Gasteiger partial charge in [-0.25, -0.2) is 0 Å². The van der Waals surface area contributed by atoms with E-state index in [0.717, 1.165) is 47.5 Å². The maximum absolute atomic E-state index is 12.7. The molecule has 0 amide bonds. The lowest BCUT2D eigenvalue weighted by atomic mass is 9.91. The Labute approximate surface area is 171 Å². The first kappa shape index (κ1) is 21.6. The molecule has 0 aromatic heterocycles. The lowest BCUT2D eigenvalue weighted by Gasteiger charge is -2.39. The minimum absolute atomic E-state index is 0.268. The highest BCUT2D eigenvalue weighted by molar-refractivity contribution is 5.71. The summed E-state index contributed by atoms with van der Waals surface area (Å²) in [5, 5.41) is 0. The number of hydrogen-bond donors (Lipinski definition) is 2. The zero-order chi connectivity index (χ0) is 21.2. The quantitative estimate of drug-likeness (QED) is 0.711. The van der Waals surface area contributed by atoms with Gasteiger partial charge in [-0.3, -0.25) is 0 Å². The normalized spacial score (nSPS) is 19.8. The van der Waals surface area contributed by atoms with Crippen LogP contribution in [0.2, 0.25) is 0 Å². The first-order valence-electron chi connectivity index (χ1n) is 10.6. The second-order valence-electron chi connectivity index (χ2n) is 8.50. The van der Waals surface area contributed by atoms with E-state index in [-0.39, 0.29) is 5.56 Å². The second-order valence-corrected chi connectivity index (χ2v) is 8.50. The molecule has 0 atom stereocenters. The van der Waals surface area contributed by atoms with Gasteiger partial charge in [0, 0.05) is 23.8 Å². The number of nitrogens with two attached hydrogens (primary N) is 2. The Morgan fingerprint density at radius 2 is 1.72 bits per heavy atom. The first-order valence-corrected chi connectivity index (χ1v) is 10.6. The predicted octanol–water partition coefficient (Wildman–Crippen LogP) is 5.31. The molecule has 0 bridgehead atoms. The molecule has 1 heterocycles. The van der Waals surface area contributed by atoms with E-state index in [9.17, 15) is 13.2 Å². The molecule has 6 heteroatoms. The van der Waals surface area contributed by atoms with Gasteiger partial charge < -0.3 is 16.4 Å². The molecule has 1 aromatic carbocycles. The number of benzene rings is 1. The SMILES string of the molecule is Cc1cc(CC(F)(F)F)cc(C)c1/C(N)=C/C1=C(N)N(C2CCCCC2)CCC1. The summed E-state index contributed by atoms with van der Waals surface area (Å²) in [5.74, 6) is 0.815. The Morgan fingerprint density at radius 3 is 2.31 bits per heavy atom. The highest BCUT2D eigenvalue weighted by atomic mass is 19.4. The molecule has 1 saturated carbocycles. The number of aryl methyl sites for hydroxylation is 2. The molecule has 3 nitrogen and oxygen atoms in total. The van der Waals surface area contributed by atoms with E-state index in [1.165, 1.54) is 32.1 Å². The summed E-state index contributed by atoms with van der Waals surface area (Å²) in [6.45, 7) is 4.61. The van der Waals surface area contributed by atoms with E-state index in [0.29, 0.717) is 11.7 Å². The van der Waals surface area contributed by atoms with Crippen molar-refractivity contribution < 1.29 is 13.2 Å². The highest BCUT2D eigenvalue weighted by Crippen LogP contribution is 2.31.